The summed E-state index contributed by atoms with van der Waals surface area (Å²) in [6.45, 7) is 2.31. The number of nitrogens with one attached hydrogen (secondary N) is 1. The molecule has 1 aliphatic rings. The van der Waals surface area contributed by atoms with E-state index in [0.29, 0.717) is 11.5 Å². The van der Waals surface area contributed by atoms with Crippen LogP contribution in [0.15, 0.2) is 12.1 Å². The first-order chi connectivity index (χ1) is 7.16. The molecule has 0 bridgehead atoms. The van der Waals surface area contributed by atoms with Crippen LogP contribution in [0.4, 0.5) is 14.5 Å². The third-order valence-corrected chi connectivity index (χ3v) is 3.05. The average Bonchev–Trinajstić information content (AvgIpc) is 2.11. The highest BCUT2D eigenvalue weighted by Gasteiger charge is 2.17. The van der Waals surface area contributed by atoms with Gasteiger partial charge >= 0.3 is 0 Å². The van der Waals surface area contributed by atoms with Gasteiger partial charge in [0.1, 0.15) is 11.6 Å². The van der Waals surface area contributed by atoms with Gasteiger partial charge in [-0.1, -0.05) is 6.42 Å². The molecule has 0 saturated heterocycles. The van der Waals surface area contributed by atoms with Gasteiger partial charge in [0, 0.05) is 12.6 Å². The molecule has 15 heavy (non-hydrogen) atoms. The summed E-state index contributed by atoms with van der Waals surface area (Å²) in [7, 11) is 0. The van der Waals surface area contributed by atoms with E-state index in [1.165, 1.54) is 31.4 Å². The molecule has 0 unspecified atom stereocenters. The summed E-state index contributed by atoms with van der Waals surface area (Å²) in [5, 5.41) is 2.97. The van der Waals surface area contributed by atoms with Crippen molar-refractivity contribution in [3.05, 3.63) is 29.3 Å². The molecule has 1 N–H and O–H groups in total. The monoisotopic (exact) mass is 211 g/mol. The van der Waals surface area contributed by atoms with Crippen LogP contribution < -0.4 is 5.32 Å². The summed E-state index contributed by atoms with van der Waals surface area (Å²) in [4.78, 5) is 0. The van der Waals surface area contributed by atoms with Crippen LogP contribution in [0, 0.1) is 24.5 Å². The largest absolute Gasteiger partial charge is 0.382 e. The van der Waals surface area contributed by atoms with Crippen LogP contribution in [0.5, 0.6) is 0 Å². The SMILES string of the molecule is Cc1cc(F)c(NCC2CCC2)cc1F. The van der Waals surface area contributed by atoms with Crippen molar-refractivity contribution in [3.8, 4) is 0 Å². The molecular weight excluding hydrogens is 196 g/mol. The van der Waals surface area contributed by atoms with Crippen molar-refractivity contribution >= 4 is 5.69 Å². The van der Waals surface area contributed by atoms with Gasteiger partial charge in [-0.25, -0.2) is 8.78 Å². The van der Waals surface area contributed by atoms with Crippen molar-refractivity contribution in [1.29, 1.82) is 0 Å². The Morgan fingerprint density at radius 1 is 1.27 bits per heavy atom. The molecule has 82 valence electrons. The molecule has 1 fully saturated rings. The zero-order chi connectivity index (χ0) is 10.8. The highest BCUT2D eigenvalue weighted by atomic mass is 19.1. The quantitative estimate of drug-likeness (QED) is 0.807. The van der Waals surface area contributed by atoms with E-state index < -0.39 is 0 Å². The Labute approximate surface area is 88.5 Å². The summed E-state index contributed by atoms with van der Waals surface area (Å²) in [5.74, 6) is -0.0884. The van der Waals surface area contributed by atoms with Crippen molar-refractivity contribution < 1.29 is 8.78 Å². The Kier molecular flexibility index (Phi) is 2.89. The highest BCUT2D eigenvalue weighted by molar-refractivity contribution is 5.46. The van der Waals surface area contributed by atoms with Crippen molar-refractivity contribution in [2.75, 3.05) is 11.9 Å². The number of aryl methyl sites for hydroxylation is 1. The normalized spacial score (nSPS) is 16.2. The fourth-order valence-electron chi connectivity index (χ4n) is 1.73. The number of anilines is 1. The second-order valence-electron chi connectivity index (χ2n) is 4.26. The Hall–Kier alpha value is -1.12. The molecule has 0 aromatic heterocycles. The predicted molar refractivity (Wildman–Crippen MR) is 56.9 cm³/mol. The Bertz CT molecular complexity index is 359. The van der Waals surface area contributed by atoms with Crippen LogP contribution in [-0.2, 0) is 0 Å². The maximum Gasteiger partial charge on any atom is 0.146 e. The van der Waals surface area contributed by atoms with E-state index >= 15 is 0 Å². The highest BCUT2D eigenvalue weighted by Crippen LogP contribution is 2.27. The van der Waals surface area contributed by atoms with Crippen LogP contribution >= 0.6 is 0 Å². The van der Waals surface area contributed by atoms with Gasteiger partial charge in [-0.15, -0.1) is 0 Å². The van der Waals surface area contributed by atoms with E-state index in [0.717, 1.165) is 6.54 Å². The second-order valence-corrected chi connectivity index (χ2v) is 4.26. The number of benzene rings is 1. The maximum absolute atomic E-state index is 13.4. The number of hydrogen-bond donors (Lipinski definition) is 1. The minimum absolute atomic E-state index is 0.282. The van der Waals surface area contributed by atoms with Gasteiger partial charge in [0.2, 0.25) is 0 Å². The summed E-state index contributed by atoms with van der Waals surface area (Å²) in [6.07, 6.45) is 3.66. The van der Waals surface area contributed by atoms with Gasteiger partial charge in [0.15, 0.2) is 0 Å². The molecule has 0 amide bonds. The average molecular weight is 211 g/mol. The summed E-state index contributed by atoms with van der Waals surface area (Å²) in [6, 6.07) is 2.47. The van der Waals surface area contributed by atoms with E-state index in [4.69, 9.17) is 0 Å². The molecule has 0 spiro atoms. The molecule has 1 nitrogen and oxygen atoms in total. The Balaban J connectivity index is 2.03. The summed E-state index contributed by atoms with van der Waals surface area (Å²) in [5.41, 5.74) is 0.631. The zero-order valence-corrected chi connectivity index (χ0v) is 8.82. The smallest absolute Gasteiger partial charge is 0.146 e. The van der Waals surface area contributed by atoms with E-state index in [-0.39, 0.29) is 17.3 Å². The van der Waals surface area contributed by atoms with Crippen molar-refractivity contribution in [3.63, 3.8) is 0 Å². The predicted octanol–water partition coefficient (Wildman–Crippen LogP) is 3.49. The summed E-state index contributed by atoms with van der Waals surface area (Å²) >= 11 is 0. The molecule has 1 aromatic carbocycles. The minimum Gasteiger partial charge on any atom is -0.382 e. The van der Waals surface area contributed by atoms with Crippen molar-refractivity contribution in [1.82, 2.24) is 0 Å². The van der Waals surface area contributed by atoms with E-state index in [1.54, 1.807) is 6.92 Å². The lowest BCUT2D eigenvalue weighted by Gasteiger charge is -2.26. The molecule has 1 aromatic rings. The minimum atomic E-state index is -0.367. The van der Waals surface area contributed by atoms with Crippen molar-refractivity contribution in [2.45, 2.75) is 26.2 Å². The first kappa shape index (κ1) is 10.4. The third-order valence-electron chi connectivity index (χ3n) is 3.05. The fraction of sp³-hybridized carbons (Fsp3) is 0.500. The van der Waals surface area contributed by atoms with Crippen molar-refractivity contribution in [2.24, 2.45) is 5.92 Å². The molecule has 3 heteroatoms. The lowest BCUT2D eigenvalue weighted by Crippen LogP contribution is -2.21. The molecular formula is C12H15F2N. The van der Waals surface area contributed by atoms with Gasteiger partial charge in [-0.05, 0) is 37.3 Å². The van der Waals surface area contributed by atoms with Gasteiger partial charge in [-0.2, -0.15) is 0 Å². The molecule has 1 saturated carbocycles. The van der Waals surface area contributed by atoms with Crippen LogP contribution in [0.2, 0.25) is 0 Å². The lowest BCUT2D eigenvalue weighted by molar-refractivity contribution is 0.333. The molecule has 0 radical (unpaired) electrons. The zero-order valence-electron chi connectivity index (χ0n) is 8.82. The molecule has 0 aliphatic heterocycles. The first-order valence-electron chi connectivity index (χ1n) is 5.36. The van der Waals surface area contributed by atoms with E-state index in [2.05, 4.69) is 5.32 Å². The second kappa shape index (κ2) is 4.17. The number of rotatable bonds is 3. The van der Waals surface area contributed by atoms with Crippen LogP contribution in [0.1, 0.15) is 24.8 Å². The molecule has 1 aliphatic carbocycles. The number of hydrogen-bond acceptors (Lipinski definition) is 1. The number of halogens is 2. The molecule has 0 heterocycles. The van der Waals surface area contributed by atoms with Gasteiger partial charge in [-0.3, -0.25) is 0 Å². The Morgan fingerprint density at radius 3 is 2.60 bits per heavy atom. The van der Waals surface area contributed by atoms with Crippen LogP contribution in [-0.4, -0.2) is 6.54 Å². The first-order valence-corrected chi connectivity index (χ1v) is 5.36. The molecule has 2 rings (SSSR count). The Morgan fingerprint density at radius 2 is 2.00 bits per heavy atom. The lowest BCUT2D eigenvalue weighted by atomic mass is 9.85. The summed E-state index contributed by atoms with van der Waals surface area (Å²) < 4.78 is 26.5. The fourth-order valence-corrected chi connectivity index (χ4v) is 1.73. The van der Waals surface area contributed by atoms with Gasteiger partial charge in [0.05, 0.1) is 5.69 Å². The van der Waals surface area contributed by atoms with Gasteiger partial charge in [0.25, 0.3) is 0 Å². The van der Waals surface area contributed by atoms with Crippen LogP contribution in [0.25, 0.3) is 0 Å². The topological polar surface area (TPSA) is 12.0 Å². The van der Waals surface area contributed by atoms with Crippen LogP contribution in [0.3, 0.4) is 0 Å². The standard InChI is InChI=1S/C12H15F2N/c1-8-5-11(14)12(6-10(8)13)15-7-9-3-2-4-9/h5-6,9,15H,2-4,7H2,1H3. The molecule has 0 atom stereocenters. The van der Waals surface area contributed by atoms with Gasteiger partial charge < -0.3 is 5.32 Å². The third kappa shape index (κ3) is 2.28. The maximum atomic E-state index is 13.4. The van der Waals surface area contributed by atoms with E-state index in [1.807, 2.05) is 0 Å². The van der Waals surface area contributed by atoms with E-state index in [9.17, 15) is 8.78 Å².